The van der Waals surface area contributed by atoms with Crippen molar-refractivity contribution in [3.63, 3.8) is 0 Å². The number of rotatable bonds is 6. The molecule has 0 atom stereocenters. The van der Waals surface area contributed by atoms with Crippen molar-refractivity contribution in [3.05, 3.63) is 46.3 Å². The van der Waals surface area contributed by atoms with Gasteiger partial charge in [-0.25, -0.2) is 14.2 Å². The summed E-state index contributed by atoms with van der Waals surface area (Å²) in [6.45, 7) is -0.657. The zero-order chi connectivity index (χ0) is 16.9. The van der Waals surface area contributed by atoms with Crippen LogP contribution >= 0.6 is 7.82 Å². The second-order valence-corrected chi connectivity index (χ2v) is 5.65. The number of benzene rings is 1. The molecule has 3 N–H and O–H groups in total. The van der Waals surface area contributed by atoms with Gasteiger partial charge in [-0.2, -0.15) is 0 Å². The minimum atomic E-state index is -4.56. The molecule has 0 aliphatic rings. The summed E-state index contributed by atoms with van der Waals surface area (Å²) in [7, 11) is -4.56. The molecule has 0 spiro atoms. The number of para-hydroxylation sites is 1. The normalized spacial score (nSPS) is 11.4. The molecule has 0 aliphatic heterocycles. The molecule has 23 heavy (non-hydrogen) atoms. The Labute approximate surface area is 130 Å². The molecule has 1 heterocycles. The summed E-state index contributed by atoms with van der Waals surface area (Å²) in [6, 6.07) is 8.05. The molecule has 0 radical (unpaired) electrons. The van der Waals surface area contributed by atoms with Crippen molar-refractivity contribution >= 4 is 24.9 Å². The summed E-state index contributed by atoms with van der Waals surface area (Å²) in [6.07, 6.45) is -0.809. The van der Waals surface area contributed by atoms with Gasteiger partial charge in [-0.15, -0.1) is 0 Å². The number of nitrogens with one attached hydrogen (secondary N) is 1. The summed E-state index contributed by atoms with van der Waals surface area (Å²) < 4.78 is 24.6. The van der Waals surface area contributed by atoms with Crippen LogP contribution in [0.3, 0.4) is 0 Å². The van der Waals surface area contributed by atoms with Crippen molar-refractivity contribution in [3.8, 4) is 0 Å². The van der Waals surface area contributed by atoms with Gasteiger partial charge in [0.25, 0.3) is 0 Å². The molecule has 124 valence electrons. The topological polar surface area (TPSA) is 135 Å². The molecule has 2 aromatic rings. The first kappa shape index (κ1) is 17.2. The van der Waals surface area contributed by atoms with E-state index < -0.39 is 19.5 Å². The van der Waals surface area contributed by atoms with Crippen LogP contribution in [0.25, 0.3) is 11.0 Å². The zero-order valence-electron chi connectivity index (χ0n) is 11.8. The molecule has 10 heteroatoms. The lowest BCUT2D eigenvalue weighted by molar-refractivity contribution is 0.135. The van der Waals surface area contributed by atoms with Gasteiger partial charge in [0.05, 0.1) is 6.61 Å². The first-order valence-corrected chi connectivity index (χ1v) is 8.01. The van der Waals surface area contributed by atoms with Crippen LogP contribution in [-0.2, 0) is 20.4 Å². The smallest absolute Gasteiger partial charge is 0.445 e. The maximum atomic E-state index is 11.5. The monoisotopic (exact) mass is 343 g/mol. The number of carbonyl (C=O) groups is 1. The predicted octanol–water partition coefficient (Wildman–Crippen LogP) is 1.13. The fourth-order valence-electron chi connectivity index (χ4n) is 1.81. The van der Waals surface area contributed by atoms with Crippen molar-refractivity contribution in [2.45, 2.75) is 6.61 Å². The number of carbonyl (C=O) groups excluding carboxylic acids is 1. The van der Waals surface area contributed by atoms with E-state index in [-0.39, 0.29) is 19.8 Å². The molecule has 2 rings (SSSR count). The van der Waals surface area contributed by atoms with E-state index >= 15 is 0 Å². The first-order valence-electron chi connectivity index (χ1n) is 6.47. The number of ether oxygens (including phenoxy) is 1. The molecule has 0 bridgehead atoms. The quantitative estimate of drug-likeness (QED) is 0.403. The molecule has 0 aliphatic carbocycles. The van der Waals surface area contributed by atoms with E-state index in [0.717, 1.165) is 0 Å². The number of hydrogen-bond acceptors (Lipinski definition) is 6. The van der Waals surface area contributed by atoms with E-state index in [4.69, 9.17) is 18.9 Å². The standard InChI is InChI=1S/C13H14NO8P/c15-12-7-9(10-3-1-2-4-11(10)22-12)8-20-13(16)14-5-6-21-23(17,18)19/h1-4,7H,5-6,8H2,(H,14,16)(H2,17,18,19). The highest BCUT2D eigenvalue weighted by Crippen LogP contribution is 2.35. The van der Waals surface area contributed by atoms with Gasteiger partial charge in [0.1, 0.15) is 12.2 Å². The molecule has 0 unspecified atom stereocenters. The van der Waals surface area contributed by atoms with Crippen molar-refractivity contribution in [2.24, 2.45) is 0 Å². The highest BCUT2D eigenvalue weighted by atomic mass is 31.2. The van der Waals surface area contributed by atoms with Crippen LogP contribution in [0.1, 0.15) is 5.56 Å². The second kappa shape index (κ2) is 7.38. The highest BCUT2D eigenvalue weighted by molar-refractivity contribution is 7.46. The van der Waals surface area contributed by atoms with Crippen molar-refractivity contribution in [1.82, 2.24) is 5.32 Å². The Balaban J connectivity index is 1.90. The van der Waals surface area contributed by atoms with E-state index in [1.807, 2.05) is 0 Å². The fraction of sp³-hybridized carbons (Fsp3) is 0.231. The molecule has 0 fully saturated rings. The number of phosphoric ester groups is 1. The maximum absolute atomic E-state index is 11.5. The van der Waals surface area contributed by atoms with Gasteiger partial charge in [0.15, 0.2) is 0 Å². The van der Waals surface area contributed by atoms with Crippen LogP contribution in [0.5, 0.6) is 0 Å². The molecule has 1 aromatic carbocycles. The van der Waals surface area contributed by atoms with Gasteiger partial charge in [0, 0.05) is 23.6 Å². The zero-order valence-corrected chi connectivity index (χ0v) is 12.7. The lowest BCUT2D eigenvalue weighted by Crippen LogP contribution is -2.27. The lowest BCUT2D eigenvalue weighted by Gasteiger charge is -2.09. The van der Waals surface area contributed by atoms with Gasteiger partial charge < -0.3 is 24.3 Å². The lowest BCUT2D eigenvalue weighted by atomic mass is 10.1. The van der Waals surface area contributed by atoms with Gasteiger partial charge in [-0.1, -0.05) is 18.2 Å². The summed E-state index contributed by atoms with van der Waals surface area (Å²) >= 11 is 0. The van der Waals surface area contributed by atoms with Crippen LogP contribution in [0.4, 0.5) is 4.79 Å². The van der Waals surface area contributed by atoms with Gasteiger partial charge in [0.2, 0.25) is 0 Å². The third-order valence-corrected chi connectivity index (χ3v) is 3.24. The third-order valence-electron chi connectivity index (χ3n) is 2.73. The molecular formula is C13H14NO8P. The van der Waals surface area contributed by atoms with E-state index in [9.17, 15) is 14.2 Å². The van der Waals surface area contributed by atoms with Gasteiger partial charge >= 0.3 is 19.5 Å². The number of amides is 1. The Morgan fingerprint density at radius 1 is 1.30 bits per heavy atom. The van der Waals surface area contributed by atoms with Crippen LogP contribution in [0, 0.1) is 0 Å². The van der Waals surface area contributed by atoms with Crippen molar-refractivity contribution in [2.75, 3.05) is 13.2 Å². The molecule has 0 saturated heterocycles. The molecule has 9 nitrogen and oxygen atoms in total. The van der Waals surface area contributed by atoms with Gasteiger partial charge in [-0.05, 0) is 6.07 Å². The Morgan fingerprint density at radius 3 is 2.78 bits per heavy atom. The maximum Gasteiger partial charge on any atom is 0.469 e. The molecular weight excluding hydrogens is 329 g/mol. The van der Waals surface area contributed by atoms with Crippen molar-refractivity contribution < 1.29 is 32.8 Å². The van der Waals surface area contributed by atoms with E-state index in [1.54, 1.807) is 24.3 Å². The first-order chi connectivity index (χ1) is 10.8. The summed E-state index contributed by atoms with van der Waals surface area (Å²) in [5.74, 6) is 0. The Morgan fingerprint density at radius 2 is 2.04 bits per heavy atom. The fourth-order valence-corrected chi connectivity index (χ4v) is 2.14. The average molecular weight is 343 g/mol. The van der Waals surface area contributed by atoms with Crippen LogP contribution in [-0.4, -0.2) is 29.0 Å². The number of fused-ring (bicyclic) bond motifs is 1. The average Bonchev–Trinajstić information content (AvgIpc) is 2.48. The van der Waals surface area contributed by atoms with Crippen LogP contribution in [0.2, 0.25) is 0 Å². The highest BCUT2D eigenvalue weighted by Gasteiger charge is 2.13. The Bertz CT molecular complexity index is 796. The SMILES string of the molecule is O=C(NCCOP(=O)(O)O)OCc1cc(=O)oc2ccccc12. The van der Waals surface area contributed by atoms with Crippen LogP contribution in [0.15, 0.2) is 39.5 Å². The van der Waals surface area contributed by atoms with Crippen LogP contribution < -0.4 is 10.9 Å². The molecule has 1 aromatic heterocycles. The van der Waals surface area contributed by atoms with E-state index in [2.05, 4.69) is 9.84 Å². The van der Waals surface area contributed by atoms with E-state index in [0.29, 0.717) is 16.5 Å². The number of hydrogen-bond donors (Lipinski definition) is 3. The second-order valence-electron chi connectivity index (χ2n) is 4.41. The predicted molar refractivity (Wildman–Crippen MR) is 78.7 cm³/mol. The van der Waals surface area contributed by atoms with E-state index in [1.165, 1.54) is 6.07 Å². The summed E-state index contributed by atoms with van der Waals surface area (Å²) in [5.41, 5.74) is 0.310. The largest absolute Gasteiger partial charge is 0.469 e. The van der Waals surface area contributed by atoms with Gasteiger partial charge in [-0.3, -0.25) is 4.52 Å². The van der Waals surface area contributed by atoms with Crippen molar-refractivity contribution in [1.29, 1.82) is 0 Å². The summed E-state index contributed by atoms with van der Waals surface area (Å²) in [5, 5.41) is 2.90. The Hall–Kier alpha value is -2.19. The minimum Gasteiger partial charge on any atom is -0.445 e. The number of phosphoric acid groups is 1. The molecule has 1 amide bonds. The summed E-state index contributed by atoms with van der Waals surface area (Å²) in [4.78, 5) is 39.9. The molecule has 0 saturated carbocycles. The Kier molecular flexibility index (Phi) is 5.51. The number of alkyl carbamates (subject to hydrolysis) is 1. The minimum absolute atomic E-state index is 0.137. The third kappa shape index (κ3) is 5.50.